The molecule has 0 saturated carbocycles. The third-order valence-electron chi connectivity index (χ3n) is 3.10. The standard InChI is InChI=1S/C12H18N2O3S/c1-10-3-4-11(17-2)12(9-10)18(15,16)14-7-5-13-6-8-14/h3-4,9,13H,5-8H2,1-2H3/p+1. The molecule has 2 rings (SSSR count). The number of piperazine rings is 1. The third-order valence-corrected chi connectivity index (χ3v) is 5.02. The summed E-state index contributed by atoms with van der Waals surface area (Å²) in [6, 6.07) is 5.23. The van der Waals surface area contributed by atoms with E-state index in [9.17, 15) is 8.42 Å². The van der Waals surface area contributed by atoms with Gasteiger partial charge in [-0.15, -0.1) is 0 Å². The Morgan fingerprint density at radius 2 is 1.94 bits per heavy atom. The molecule has 1 fully saturated rings. The van der Waals surface area contributed by atoms with E-state index >= 15 is 0 Å². The summed E-state index contributed by atoms with van der Waals surface area (Å²) in [6.07, 6.45) is 0. The van der Waals surface area contributed by atoms with E-state index in [1.54, 1.807) is 12.1 Å². The minimum Gasteiger partial charge on any atom is -0.495 e. The fraction of sp³-hybridized carbons (Fsp3) is 0.500. The Morgan fingerprint density at radius 3 is 2.56 bits per heavy atom. The second kappa shape index (κ2) is 5.26. The highest BCUT2D eigenvalue weighted by Crippen LogP contribution is 2.27. The molecule has 1 saturated heterocycles. The van der Waals surface area contributed by atoms with E-state index in [2.05, 4.69) is 5.32 Å². The molecule has 0 spiro atoms. The molecule has 0 aromatic heterocycles. The zero-order valence-corrected chi connectivity index (χ0v) is 11.5. The number of rotatable bonds is 3. The highest BCUT2D eigenvalue weighted by molar-refractivity contribution is 7.89. The van der Waals surface area contributed by atoms with Crippen LogP contribution in [0.3, 0.4) is 0 Å². The summed E-state index contributed by atoms with van der Waals surface area (Å²) in [7, 11) is -1.95. The van der Waals surface area contributed by atoms with Crippen molar-refractivity contribution in [3.63, 3.8) is 0 Å². The molecule has 0 amide bonds. The summed E-state index contributed by atoms with van der Waals surface area (Å²) in [6.45, 7) is 4.61. The molecule has 2 N–H and O–H groups in total. The Labute approximate surface area is 108 Å². The smallest absolute Gasteiger partial charge is 0.247 e. The number of aryl methyl sites for hydroxylation is 1. The lowest BCUT2D eigenvalue weighted by Crippen LogP contribution is -2.89. The largest absolute Gasteiger partial charge is 0.495 e. The van der Waals surface area contributed by atoms with Gasteiger partial charge in [0.05, 0.1) is 33.3 Å². The summed E-state index contributed by atoms with van der Waals surface area (Å²) in [5, 5.41) is 2.12. The molecule has 1 aromatic carbocycles. The van der Waals surface area contributed by atoms with Crippen molar-refractivity contribution >= 4 is 10.0 Å². The third kappa shape index (κ3) is 2.50. The van der Waals surface area contributed by atoms with E-state index in [4.69, 9.17) is 4.74 Å². The Balaban J connectivity index is 2.42. The van der Waals surface area contributed by atoms with Crippen molar-refractivity contribution in [3.8, 4) is 5.75 Å². The molecule has 1 heterocycles. The molecular weight excluding hydrogens is 252 g/mol. The lowest BCUT2D eigenvalue weighted by molar-refractivity contribution is -0.661. The van der Waals surface area contributed by atoms with Crippen LogP contribution in [0.2, 0.25) is 0 Å². The van der Waals surface area contributed by atoms with Crippen LogP contribution in [0.4, 0.5) is 0 Å². The maximum absolute atomic E-state index is 12.6. The average Bonchev–Trinajstić information content (AvgIpc) is 2.39. The van der Waals surface area contributed by atoms with E-state index in [1.165, 1.54) is 11.4 Å². The molecule has 1 aromatic rings. The summed E-state index contributed by atoms with van der Waals surface area (Å²) in [4.78, 5) is 0.270. The van der Waals surface area contributed by atoms with Gasteiger partial charge in [-0.1, -0.05) is 6.07 Å². The maximum Gasteiger partial charge on any atom is 0.247 e. The van der Waals surface area contributed by atoms with Crippen LogP contribution < -0.4 is 10.1 Å². The van der Waals surface area contributed by atoms with Gasteiger partial charge in [0, 0.05) is 0 Å². The highest BCUT2D eigenvalue weighted by Gasteiger charge is 2.29. The first-order valence-corrected chi connectivity index (χ1v) is 7.46. The quantitative estimate of drug-likeness (QED) is 0.811. The van der Waals surface area contributed by atoms with Crippen LogP contribution in [0, 0.1) is 6.92 Å². The highest BCUT2D eigenvalue weighted by atomic mass is 32.2. The van der Waals surface area contributed by atoms with Gasteiger partial charge >= 0.3 is 0 Å². The van der Waals surface area contributed by atoms with Crippen LogP contribution in [-0.4, -0.2) is 46.0 Å². The average molecular weight is 271 g/mol. The molecule has 100 valence electrons. The Morgan fingerprint density at radius 1 is 1.28 bits per heavy atom. The van der Waals surface area contributed by atoms with Crippen LogP contribution in [0.15, 0.2) is 23.1 Å². The van der Waals surface area contributed by atoms with Crippen molar-refractivity contribution in [2.45, 2.75) is 11.8 Å². The number of quaternary nitrogens is 1. The van der Waals surface area contributed by atoms with E-state index in [0.717, 1.165) is 18.7 Å². The second-order valence-corrected chi connectivity index (χ2v) is 6.33. The fourth-order valence-electron chi connectivity index (χ4n) is 2.09. The summed E-state index contributed by atoms with van der Waals surface area (Å²) < 4.78 is 31.8. The van der Waals surface area contributed by atoms with Gasteiger partial charge in [0.1, 0.15) is 10.6 Å². The molecule has 0 aliphatic carbocycles. The maximum atomic E-state index is 12.6. The number of benzene rings is 1. The van der Waals surface area contributed by atoms with Crippen LogP contribution >= 0.6 is 0 Å². The van der Waals surface area contributed by atoms with Gasteiger partial charge in [0.15, 0.2) is 0 Å². The predicted octanol–water partition coefficient (Wildman–Crippen LogP) is -0.429. The van der Waals surface area contributed by atoms with E-state index in [1.807, 2.05) is 13.0 Å². The first kappa shape index (κ1) is 13.3. The Kier molecular flexibility index (Phi) is 3.89. The molecule has 1 aliphatic rings. The van der Waals surface area contributed by atoms with Gasteiger partial charge in [-0.05, 0) is 24.6 Å². The number of hydrogen-bond donors (Lipinski definition) is 1. The zero-order chi connectivity index (χ0) is 13.2. The monoisotopic (exact) mass is 271 g/mol. The fourth-order valence-corrected chi connectivity index (χ4v) is 3.80. The van der Waals surface area contributed by atoms with Crippen molar-refractivity contribution < 1.29 is 18.5 Å². The van der Waals surface area contributed by atoms with Crippen LogP contribution in [-0.2, 0) is 10.0 Å². The SMILES string of the molecule is COc1ccc(C)cc1S(=O)(=O)N1CC[NH2+]CC1. The van der Waals surface area contributed by atoms with Crippen molar-refractivity contribution in [1.29, 1.82) is 0 Å². The van der Waals surface area contributed by atoms with E-state index in [0.29, 0.717) is 18.8 Å². The van der Waals surface area contributed by atoms with Crippen LogP contribution in [0.1, 0.15) is 5.56 Å². The number of hydrogen-bond acceptors (Lipinski definition) is 3. The molecule has 18 heavy (non-hydrogen) atoms. The molecule has 0 atom stereocenters. The Hall–Kier alpha value is -1.11. The molecule has 0 radical (unpaired) electrons. The Bertz CT molecular complexity index is 522. The van der Waals surface area contributed by atoms with Crippen molar-refractivity contribution in [2.24, 2.45) is 0 Å². The predicted molar refractivity (Wildman–Crippen MR) is 68.1 cm³/mol. The first-order chi connectivity index (χ1) is 8.55. The van der Waals surface area contributed by atoms with Crippen molar-refractivity contribution in [1.82, 2.24) is 4.31 Å². The molecule has 6 heteroatoms. The van der Waals surface area contributed by atoms with Crippen LogP contribution in [0.25, 0.3) is 0 Å². The second-order valence-electron chi connectivity index (χ2n) is 4.42. The van der Waals surface area contributed by atoms with Crippen LogP contribution in [0.5, 0.6) is 5.75 Å². The summed E-state index contributed by atoms with van der Waals surface area (Å²) in [5.74, 6) is 0.412. The van der Waals surface area contributed by atoms with Gasteiger partial charge in [0.2, 0.25) is 10.0 Å². The lowest BCUT2D eigenvalue weighted by Gasteiger charge is -2.25. The molecule has 0 bridgehead atoms. The number of methoxy groups -OCH3 is 1. The van der Waals surface area contributed by atoms with E-state index < -0.39 is 10.0 Å². The van der Waals surface area contributed by atoms with Crippen molar-refractivity contribution in [2.75, 3.05) is 33.3 Å². The van der Waals surface area contributed by atoms with Gasteiger partial charge in [-0.2, -0.15) is 4.31 Å². The van der Waals surface area contributed by atoms with Crippen molar-refractivity contribution in [3.05, 3.63) is 23.8 Å². The first-order valence-electron chi connectivity index (χ1n) is 6.02. The number of nitrogens with two attached hydrogens (primary N) is 1. The zero-order valence-electron chi connectivity index (χ0n) is 10.7. The molecule has 1 aliphatic heterocycles. The lowest BCUT2D eigenvalue weighted by atomic mass is 10.2. The number of nitrogens with zero attached hydrogens (tertiary/aromatic N) is 1. The number of ether oxygens (including phenoxy) is 1. The van der Waals surface area contributed by atoms with Gasteiger partial charge in [-0.25, -0.2) is 8.42 Å². The normalized spacial score (nSPS) is 17.7. The van der Waals surface area contributed by atoms with E-state index in [-0.39, 0.29) is 4.90 Å². The minimum atomic E-state index is -3.44. The molecule has 5 nitrogen and oxygen atoms in total. The summed E-state index contributed by atoms with van der Waals surface area (Å²) in [5.41, 5.74) is 0.915. The summed E-state index contributed by atoms with van der Waals surface area (Å²) >= 11 is 0. The van der Waals surface area contributed by atoms with Gasteiger partial charge in [0.25, 0.3) is 0 Å². The number of sulfonamides is 1. The van der Waals surface area contributed by atoms with Gasteiger partial charge < -0.3 is 10.1 Å². The molecular formula is C12H19N2O3S+. The topological polar surface area (TPSA) is 63.2 Å². The molecule has 0 unspecified atom stereocenters. The minimum absolute atomic E-state index is 0.270. The van der Waals surface area contributed by atoms with Gasteiger partial charge in [-0.3, -0.25) is 0 Å².